The van der Waals surface area contributed by atoms with Crippen LogP contribution >= 0.6 is 0 Å². The molecule has 4 aromatic rings. The van der Waals surface area contributed by atoms with Crippen molar-refractivity contribution in [3.63, 3.8) is 0 Å². The first-order valence-corrected chi connectivity index (χ1v) is 22.4. The van der Waals surface area contributed by atoms with E-state index in [-0.39, 0.29) is 48.0 Å². The summed E-state index contributed by atoms with van der Waals surface area (Å²) in [6.07, 6.45) is 2.95. The monoisotopic (exact) mass is 841 g/mol. The molecule has 8 rings (SSSR count). The molecule has 10 nitrogen and oxygen atoms in total. The zero-order valence-electron chi connectivity index (χ0n) is 37.4. The summed E-state index contributed by atoms with van der Waals surface area (Å²) in [5.41, 5.74) is 3.44. The van der Waals surface area contributed by atoms with Crippen molar-refractivity contribution in [2.24, 2.45) is 29.1 Å². The van der Waals surface area contributed by atoms with Crippen molar-refractivity contribution in [1.82, 2.24) is 16.0 Å². The summed E-state index contributed by atoms with van der Waals surface area (Å²) in [5, 5.41) is 9.29. The van der Waals surface area contributed by atoms with Crippen LogP contribution in [-0.4, -0.2) is 54.6 Å². The Hall–Kier alpha value is -5.13. The number of rotatable bonds is 19. The number of hydrogen-bond acceptors (Lipinski definition) is 7. The molecule has 4 aliphatic rings. The van der Waals surface area contributed by atoms with Gasteiger partial charge in [-0.25, -0.2) is 0 Å². The molecule has 4 aromatic carbocycles. The first kappa shape index (κ1) is 44.9. The van der Waals surface area contributed by atoms with Crippen molar-refractivity contribution in [3.8, 4) is 11.5 Å². The Bertz CT molecular complexity index is 2130. The SMILES string of the molecule is CC(C)C[C@H](NC(=O)C(NC(=O)C(Cc1ccc(OCc2ccccc2)cc1)NC(=O)Cc1cccc(OCc2ccccc2)c1)C(C)C)B1O[C@@H]2C[C@@H]3C[C@@H](C3(C)C)[C@]2(C)O1. The Morgan fingerprint density at radius 3 is 1.95 bits per heavy atom. The molecule has 2 bridgehead atoms. The fourth-order valence-corrected chi connectivity index (χ4v) is 9.70. The predicted octanol–water partition coefficient (Wildman–Crippen LogP) is 8.05. The van der Waals surface area contributed by atoms with E-state index in [1.807, 2.05) is 123 Å². The first-order valence-electron chi connectivity index (χ1n) is 22.4. The standard InChI is InChI=1S/C51H64BN3O7/c1-33(2)25-45(52-61-44-30-39-29-43(50(39,5)6)51(44,7)62-52)54-49(58)47(34(3)4)55-48(57)42(27-35-21-23-40(24-22-35)59-31-36-15-10-8-11-16-36)53-46(56)28-38-19-14-20-41(26-38)60-32-37-17-12-9-13-18-37/h8-24,26,33-34,39,42-45,47H,25,27-32H2,1-7H3,(H,53,56)(H,54,58)(H,55,57)/t39-,42?,43-,44+,45-,47?,51-/m0/s1. The van der Waals surface area contributed by atoms with Crippen LogP contribution in [0.15, 0.2) is 109 Å². The minimum absolute atomic E-state index is 0.0189. The quantitative estimate of drug-likeness (QED) is 0.0817. The van der Waals surface area contributed by atoms with E-state index in [0.717, 1.165) is 35.1 Å². The van der Waals surface area contributed by atoms with Crippen molar-refractivity contribution in [3.05, 3.63) is 131 Å². The lowest BCUT2D eigenvalue weighted by atomic mass is 9.43. The van der Waals surface area contributed by atoms with Crippen LogP contribution in [0.25, 0.3) is 0 Å². The topological polar surface area (TPSA) is 124 Å². The van der Waals surface area contributed by atoms with Crippen LogP contribution in [0, 0.1) is 29.1 Å². The van der Waals surface area contributed by atoms with Gasteiger partial charge in [-0.2, -0.15) is 0 Å². The van der Waals surface area contributed by atoms with Crippen LogP contribution in [0.2, 0.25) is 0 Å². The highest BCUT2D eigenvalue weighted by Gasteiger charge is 2.68. The van der Waals surface area contributed by atoms with Crippen molar-refractivity contribution in [2.45, 2.75) is 124 Å². The van der Waals surface area contributed by atoms with E-state index < -0.39 is 36.7 Å². The Kier molecular flexibility index (Phi) is 14.1. The van der Waals surface area contributed by atoms with Crippen LogP contribution in [0.1, 0.15) is 90.0 Å². The number of ether oxygens (including phenoxy) is 2. The number of hydrogen-bond donors (Lipinski definition) is 3. The second kappa shape index (κ2) is 19.5. The summed E-state index contributed by atoms with van der Waals surface area (Å²) < 4.78 is 25.5. The molecule has 1 heterocycles. The molecule has 0 aromatic heterocycles. The maximum absolute atomic E-state index is 14.4. The van der Waals surface area contributed by atoms with Gasteiger partial charge in [-0.1, -0.05) is 126 Å². The molecule has 2 unspecified atom stereocenters. The number of benzene rings is 4. The van der Waals surface area contributed by atoms with Crippen molar-refractivity contribution >= 4 is 24.8 Å². The van der Waals surface area contributed by atoms with Gasteiger partial charge < -0.3 is 34.7 Å². The Labute approximate surface area is 368 Å². The predicted molar refractivity (Wildman–Crippen MR) is 242 cm³/mol. The average Bonchev–Trinajstić information content (AvgIpc) is 3.62. The molecule has 1 saturated heterocycles. The van der Waals surface area contributed by atoms with E-state index in [1.54, 1.807) is 0 Å². The van der Waals surface area contributed by atoms with E-state index >= 15 is 0 Å². The largest absolute Gasteiger partial charge is 0.489 e. The number of amides is 3. The maximum atomic E-state index is 14.4. The molecule has 328 valence electrons. The van der Waals surface area contributed by atoms with E-state index in [4.69, 9.17) is 18.8 Å². The molecule has 7 atom stereocenters. The van der Waals surface area contributed by atoms with Gasteiger partial charge in [0.1, 0.15) is 36.8 Å². The van der Waals surface area contributed by atoms with Crippen LogP contribution in [-0.2, 0) is 49.7 Å². The van der Waals surface area contributed by atoms with Gasteiger partial charge in [0.2, 0.25) is 17.7 Å². The lowest BCUT2D eigenvalue weighted by Crippen LogP contribution is -2.65. The van der Waals surface area contributed by atoms with Gasteiger partial charge in [-0.3, -0.25) is 14.4 Å². The van der Waals surface area contributed by atoms with Gasteiger partial charge in [0.05, 0.1) is 24.1 Å². The molecule has 3 aliphatic carbocycles. The summed E-state index contributed by atoms with van der Waals surface area (Å²) in [7, 11) is -0.594. The maximum Gasteiger partial charge on any atom is 0.481 e. The molecule has 0 spiro atoms. The van der Waals surface area contributed by atoms with Crippen LogP contribution in [0.5, 0.6) is 11.5 Å². The van der Waals surface area contributed by atoms with Gasteiger partial charge >= 0.3 is 7.12 Å². The van der Waals surface area contributed by atoms with E-state index in [2.05, 4.69) is 50.6 Å². The minimum Gasteiger partial charge on any atom is -0.489 e. The zero-order valence-corrected chi connectivity index (χ0v) is 37.4. The van der Waals surface area contributed by atoms with Crippen LogP contribution < -0.4 is 25.4 Å². The lowest BCUT2D eigenvalue weighted by Gasteiger charge is -2.64. The second-order valence-corrected chi connectivity index (χ2v) is 19.2. The number of nitrogens with one attached hydrogen (secondary N) is 3. The lowest BCUT2D eigenvalue weighted by molar-refractivity contribution is -0.199. The Balaban J connectivity index is 1.04. The normalized spacial score (nSPS) is 22.5. The van der Waals surface area contributed by atoms with Crippen molar-refractivity contribution < 1.29 is 33.2 Å². The van der Waals surface area contributed by atoms with E-state index in [1.165, 1.54) is 0 Å². The Morgan fingerprint density at radius 2 is 1.34 bits per heavy atom. The third kappa shape index (κ3) is 10.7. The summed E-state index contributed by atoms with van der Waals surface area (Å²) >= 11 is 0. The van der Waals surface area contributed by atoms with Gasteiger partial charge in [0.25, 0.3) is 0 Å². The summed E-state index contributed by atoms with van der Waals surface area (Å²) in [5.74, 6) is 0.827. The third-order valence-electron chi connectivity index (χ3n) is 13.4. The van der Waals surface area contributed by atoms with Gasteiger partial charge in [-0.05, 0) is 102 Å². The van der Waals surface area contributed by atoms with Crippen LogP contribution in [0.3, 0.4) is 0 Å². The van der Waals surface area contributed by atoms with Crippen molar-refractivity contribution in [2.75, 3.05) is 0 Å². The zero-order chi connectivity index (χ0) is 44.0. The fraction of sp³-hybridized carbons (Fsp3) is 0.471. The third-order valence-corrected chi connectivity index (χ3v) is 13.4. The molecule has 1 aliphatic heterocycles. The summed E-state index contributed by atoms with van der Waals surface area (Å²) in [6.45, 7) is 15.7. The fourth-order valence-electron chi connectivity index (χ4n) is 9.70. The van der Waals surface area contributed by atoms with E-state index in [0.29, 0.717) is 43.0 Å². The van der Waals surface area contributed by atoms with Gasteiger partial charge in [0.15, 0.2) is 0 Å². The highest BCUT2D eigenvalue weighted by Crippen LogP contribution is 2.65. The molecule has 4 fully saturated rings. The van der Waals surface area contributed by atoms with E-state index in [9.17, 15) is 14.4 Å². The molecule has 62 heavy (non-hydrogen) atoms. The van der Waals surface area contributed by atoms with Gasteiger partial charge in [0, 0.05) is 6.42 Å². The molecule has 0 radical (unpaired) electrons. The van der Waals surface area contributed by atoms with Crippen molar-refractivity contribution in [1.29, 1.82) is 0 Å². The van der Waals surface area contributed by atoms with Crippen LogP contribution in [0.4, 0.5) is 0 Å². The van der Waals surface area contributed by atoms with Gasteiger partial charge in [-0.15, -0.1) is 0 Å². The highest BCUT2D eigenvalue weighted by molar-refractivity contribution is 6.48. The molecule has 3 N–H and O–H groups in total. The average molecular weight is 842 g/mol. The molecular formula is C51H64BN3O7. The number of carbonyl (C=O) groups excluding carboxylic acids is 3. The summed E-state index contributed by atoms with van der Waals surface area (Å²) in [6, 6.07) is 32.9. The Morgan fingerprint density at radius 1 is 0.710 bits per heavy atom. The first-order chi connectivity index (χ1) is 29.7. The molecule has 3 amide bonds. The highest BCUT2D eigenvalue weighted by atomic mass is 16.7. The summed E-state index contributed by atoms with van der Waals surface area (Å²) in [4.78, 5) is 42.5. The smallest absolute Gasteiger partial charge is 0.481 e. The molecule has 11 heteroatoms. The minimum atomic E-state index is -0.976. The molecular weight excluding hydrogens is 777 g/mol. The number of carbonyl (C=O) groups is 3. The second-order valence-electron chi connectivity index (χ2n) is 19.2. The molecule has 3 saturated carbocycles.